The van der Waals surface area contributed by atoms with E-state index in [1.54, 1.807) is 24.1 Å². The second-order valence-electron chi connectivity index (χ2n) is 4.31. The number of carboxylic acid groups (broad SMARTS) is 1. The minimum absolute atomic E-state index is 0.208. The largest absolute Gasteiger partial charge is 0.478 e. The Morgan fingerprint density at radius 2 is 2.00 bits per heavy atom. The van der Waals surface area contributed by atoms with E-state index in [1.165, 1.54) is 18.2 Å². The van der Waals surface area contributed by atoms with Gasteiger partial charge in [0, 0.05) is 25.2 Å². The van der Waals surface area contributed by atoms with Gasteiger partial charge in [-0.15, -0.1) is 0 Å². The lowest BCUT2D eigenvalue weighted by Gasteiger charge is -2.18. The fourth-order valence-corrected chi connectivity index (χ4v) is 1.79. The van der Waals surface area contributed by atoms with Crippen LogP contribution in [0, 0.1) is 0 Å². The van der Waals surface area contributed by atoms with Gasteiger partial charge in [-0.05, 0) is 24.3 Å². The lowest BCUT2D eigenvalue weighted by atomic mass is 10.2. The Kier molecular flexibility index (Phi) is 3.84. The average molecular weight is 273 g/mol. The van der Waals surface area contributed by atoms with Gasteiger partial charge in [0.1, 0.15) is 11.6 Å². The van der Waals surface area contributed by atoms with Crippen molar-refractivity contribution in [2.24, 2.45) is 0 Å². The number of aromatic amines is 1. The highest BCUT2D eigenvalue weighted by atomic mass is 16.4. The maximum atomic E-state index is 11.5. The zero-order valence-electron chi connectivity index (χ0n) is 11.3. The molecule has 20 heavy (non-hydrogen) atoms. The molecule has 104 valence electrons. The number of aromatic carboxylic acids is 1. The van der Waals surface area contributed by atoms with Crippen LogP contribution in [0.25, 0.3) is 0 Å². The summed E-state index contributed by atoms with van der Waals surface area (Å²) >= 11 is 0. The zero-order chi connectivity index (χ0) is 14.7. The number of nitrogens with one attached hydrogen (secondary N) is 1. The van der Waals surface area contributed by atoms with Crippen LogP contribution in [0.5, 0.6) is 0 Å². The average Bonchev–Trinajstić information content (AvgIpc) is 2.45. The van der Waals surface area contributed by atoms with Gasteiger partial charge in [0.05, 0.1) is 5.56 Å². The summed E-state index contributed by atoms with van der Waals surface area (Å²) in [6, 6.07) is 7.80. The molecule has 2 N–H and O–H groups in total. The number of hydrogen-bond acceptors (Lipinski definition) is 4. The van der Waals surface area contributed by atoms with Crippen molar-refractivity contribution in [2.45, 2.75) is 13.3 Å². The number of hydrogen-bond donors (Lipinski definition) is 2. The lowest BCUT2D eigenvalue weighted by molar-refractivity contribution is 0.0697. The molecule has 0 aliphatic carbocycles. The third-order valence-electron chi connectivity index (χ3n) is 2.96. The number of aryl methyl sites for hydroxylation is 1. The minimum Gasteiger partial charge on any atom is -0.478 e. The predicted molar refractivity (Wildman–Crippen MR) is 75.7 cm³/mol. The van der Waals surface area contributed by atoms with Gasteiger partial charge in [-0.25, -0.2) is 9.78 Å². The number of carboxylic acids is 1. The Morgan fingerprint density at radius 1 is 1.35 bits per heavy atom. The topological polar surface area (TPSA) is 86.3 Å². The summed E-state index contributed by atoms with van der Waals surface area (Å²) in [4.78, 5) is 31.1. The van der Waals surface area contributed by atoms with Gasteiger partial charge in [-0.3, -0.25) is 4.79 Å². The molecule has 0 spiro atoms. The first-order valence-corrected chi connectivity index (χ1v) is 6.18. The van der Waals surface area contributed by atoms with Crippen molar-refractivity contribution in [3.8, 4) is 0 Å². The van der Waals surface area contributed by atoms with Crippen LogP contribution in [0.3, 0.4) is 0 Å². The molecule has 0 saturated carbocycles. The van der Waals surface area contributed by atoms with E-state index >= 15 is 0 Å². The van der Waals surface area contributed by atoms with Crippen molar-refractivity contribution in [1.82, 2.24) is 9.97 Å². The first-order valence-electron chi connectivity index (χ1n) is 6.18. The Morgan fingerprint density at radius 3 is 2.55 bits per heavy atom. The normalized spacial score (nSPS) is 10.3. The van der Waals surface area contributed by atoms with Crippen LogP contribution in [0.1, 0.15) is 23.1 Å². The van der Waals surface area contributed by atoms with Crippen LogP contribution in [-0.2, 0) is 6.42 Å². The predicted octanol–water partition coefficient (Wildman–Crippen LogP) is 1.80. The van der Waals surface area contributed by atoms with Gasteiger partial charge in [0.15, 0.2) is 0 Å². The van der Waals surface area contributed by atoms with Crippen LogP contribution in [0.4, 0.5) is 11.5 Å². The van der Waals surface area contributed by atoms with Crippen molar-refractivity contribution >= 4 is 17.5 Å². The molecule has 0 bridgehead atoms. The van der Waals surface area contributed by atoms with Gasteiger partial charge in [-0.2, -0.15) is 0 Å². The van der Waals surface area contributed by atoms with Crippen LogP contribution < -0.4 is 10.5 Å². The molecule has 6 nitrogen and oxygen atoms in total. The molecule has 1 aromatic heterocycles. The lowest BCUT2D eigenvalue weighted by Crippen LogP contribution is -2.18. The molecule has 0 fully saturated rings. The molecule has 0 unspecified atom stereocenters. The van der Waals surface area contributed by atoms with Crippen LogP contribution in [-0.4, -0.2) is 28.1 Å². The Labute approximate surface area is 115 Å². The van der Waals surface area contributed by atoms with Gasteiger partial charge in [0.2, 0.25) is 0 Å². The van der Waals surface area contributed by atoms with Gasteiger partial charge in [-0.1, -0.05) is 6.92 Å². The smallest absolute Gasteiger partial charge is 0.335 e. The maximum Gasteiger partial charge on any atom is 0.335 e. The molecule has 0 amide bonds. The Hall–Kier alpha value is -2.63. The highest BCUT2D eigenvalue weighted by molar-refractivity contribution is 5.88. The summed E-state index contributed by atoms with van der Waals surface area (Å²) in [5, 5.41) is 8.86. The fourth-order valence-electron chi connectivity index (χ4n) is 1.79. The van der Waals surface area contributed by atoms with Crippen molar-refractivity contribution in [2.75, 3.05) is 11.9 Å². The third-order valence-corrected chi connectivity index (χ3v) is 2.96. The first-order chi connectivity index (χ1) is 9.51. The second-order valence-corrected chi connectivity index (χ2v) is 4.31. The minimum atomic E-state index is -0.971. The summed E-state index contributed by atoms with van der Waals surface area (Å²) < 4.78 is 0. The standard InChI is InChI=1S/C14H15N3O3/c1-3-11-15-12(8-13(18)16-11)17(2)10-6-4-9(5-7-10)14(19)20/h4-8H,3H2,1-2H3,(H,19,20)(H,15,16,18). The van der Waals surface area contributed by atoms with Crippen molar-refractivity contribution in [3.63, 3.8) is 0 Å². The number of aromatic nitrogens is 2. The summed E-state index contributed by atoms with van der Waals surface area (Å²) in [6.07, 6.45) is 0.634. The van der Waals surface area contributed by atoms with E-state index < -0.39 is 5.97 Å². The highest BCUT2D eigenvalue weighted by Gasteiger charge is 2.09. The molecule has 6 heteroatoms. The van der Waals surface area contributed by atoms with Crippen molar-refractivity contribution < 1.29 is 9.90 Å². The van der Waals surface area contributed by atoms with Gasteiger partial charge >= 0.3 is 5.97 Å². The van der Waals surface area contributed by atoms with Crippen molar-refractivity contribution in [3.05, 3.63) is 52.1 Å². The van der Waals surface area contributed by atoms with E-state index in [2.05, 4.69) is 9.97 Å². The molecule has 2 rings (SSSR count). The van der Waals surface area contributed by atoms with E-state index in [-0.39, 0.29) is 11.1 Å². The van der Waals surface area contributed by atoms with E-state index in [0.717, 1.165) is 5.69 Å². The molecule has 1 aromatic carbocycles. The van der Waals surface area contributed by atoms with Crippen LogP contribution in [0.15, 0.2) is 35.1 Å². The van der Waals surface area contributed by atoms with E-state index in [4.69, 9.17) is 5.11 Å². The molecule has 0 aliphatic heterocycles. The maximum absolute atomic E-state index is 11.5. The highest BCUT2D eigenvalue weighted by Crippen LogP contribution is 2.21. The fraction of sp³-hybridized carbons (Fsp3) is 0.214. The first kappa shape index (κ1) is 13.8. The summed E-state index contributed by atoms with van der Waals surface area (Å²) in [5.41, 5.74) is 0.770. The quantitative estimate of drug-likeness (QED) is 0.887. The summed E-state index contributed by atoms with van der Waals surface area (Å²) in [7, 11) is 1.77. The molecule has 0 aliphatic rings. The third kappa shape index (κ3) is 2.85. The van der Waals surface area contributed by atoms with E-state index in [0.29, 0.717) is 18.1 Å². The number of nitrogens with zero attached hydrogens (tertiary/aromatic N) is 2. The SMILES string of the molecule is CCc1nc(N(C)c2ccc(C(=O)O)cc2)cc(=O)[nH]1. The molecular weight excluding hydrogens is 258 g/mol. The Balaban J connectivity index is 2.35. The zero-order valence-corrected chi connectivity index (χ0v) is 11.3. The number of carbonyl (C=O) groups is 1. The second kappa shape index (κ2) is 5.56. The molecule has 0 atom stereocenters. The van der Waals surface area contributed by atoms with Gasteiger partial charge in [0.25, 0.3) is 5.56 Å². The molecular formula is C14H15N3O3. The van der Waals surface area contributed by atoms with E-state index in [9.17, 15) is 9.59 Å². The number of anilines is 2. The molecule has 2 aromatic rings. The van der Waals surface area contributed by atoms with Crippen molar-refractivity contribution in [1.29, 1.82) is 0 Å². The Bertz CT molecular complexity index is 677. The summed E-state index contributed by atoms with van der Waals surface area (Å²) in [6.45, 7) is 1.91. The number of H-pyrrole nitrogens is 1. The number of benzene rings is 1. The summed E-state index contributed by atoms with van der Waals surface area (Å²) in [5.74, 6) is 0.164. The van der Waals surface area contributed by atoms with E-state index in [1.807, 2.05) is 6.92 Å². The number of rotatable bonds is 4. The monoisotopic (exact) mass is 273 g/mol. The molecule has 0 saturated heterocycles. The molecule has 0 radical (unpaired) electrons. The van der Waals surface area contributed by atoms with Gasteiger partial charge < -0.3 is 15.0 Å². The van der Waals surface area contributed by atoms with Crippen LogP contribution in [0.2, 0.25) is 0 Å². The molecule has 1 heterocycles. The van der Waals surface area contributed by atoms with Crippen LogP contribution >= 0.6 is 0 Å².